The molecular weight excluding hydrogens is 262 g/mol. The number of rotatable bonds is 7. The van der Waals surface area contributed by atoms with Crippen molar-refractivity contribution in [2.75, 3.05) is 11.5 Å². The summed E-state index contributed by atoms with van der Waals surface area (Å²) in [5.74, 6) is 0.848. The van der Waals surface area contributed by atoms with Crippen LogP contribution in [0.1, 0.15) is 51.9 Å². The van der Waals surface area contributed by atoms with Gasteiger partial charge in [-0.15, -0.1) is 0 Å². The Kier molecular flexibility index (Phi) is 5.01. The number of hydrogen-bond donors (Lipinski definition) is 1. The first-order valence-corrected chi connectivity index (χ1v) is 9.29. The number of hydrogen-bond acceptors (Lipinski definition) is 4. The fourth-order valence-electron chi connectivity index (χ4n) is 3.45. The van der Waals surface area contributed by atoms with Crippen molar-refractivity contribution in [2.24, 2.45) is 5.92 Å². The first-order valence-electron chi connectivity index (χ1n) is 7.46. The molecule has 4 nitrogen and oxygen atoms in total. The van der Waals surface area contributed by atoms with Gasteiger partial charge >= 0.3 is 0 Å². The van der Waals surface area contributed by atoms with E-state index < -0.39 is 9.84 Å². The van der Waals surface area contributed by atoms with Crippen molar-refractivity contribution in [3.05, 3.63) is 0 Å². The van der Waals surface area contributed by atoms with Crippen LogP contribution >= 0.6 is 0 Å². The smallest absolute Gasteiger partial charge is 0.150 e. The number of sulfone groups is 1. The molecule has 0 saturated carbocycles. The van der Waals surface area contributed by atoms with Crippen LogP contribution in [0.4, 0.5) is 0 Å². The zero-order valence-electron chi connectivity index (χ0n) is 11.7. The highest BCUT2D eigenvalue weighted by Gasteiger charge is 2.34. The van der Waals surface area contributed by atoms with Crippen molar-refractivity contribution in [3.63, 3.8) is 0 Å². The number of fused-ring (bicyclic) bond motifs is 2. The Morgan fingerprint density at radius 3 is 2.37 bits per heavy atom. The second-order valence-electron chi connectivity index (χ2n) is 6.12. The molecule has 110 valence electrons. The lowest BCUT2D eigenvalue weighted by atomic mass is 9.88. The van der Waals surface area contributed by atoms with Crippen molar-refractivity contribution in [2.45, 2.75) is 64.0 Å². The van der Waals surface area contributed by atoms with Crippen LogP contribution in [-0.2, 0) is 14.6 Å². The van der Waals surface area contributed by atoms with Crippen LogP contribution in [0.3, 0.4) is 0 Å². The Labute approximate surface area is 116 Å². The van der Waals surface area contributed by atoms with Crippen molar-refractivity contribution >= 4 is 15.6 Å². The molecule has 19 heavy (non-hydrogen) atoms. The molecular formula is C14H25NO3S. The summed E-state index contributed by atoms with van der Waals surface area (Å²) >= 11 is 0. The lowest BCUT2D eigenvalue weighted by molar-refractivity contribution is -0.119. The number of Topliss-reactive ketones (excluding diaryl/α,β-unsaturated/α-hetero) is 1. The van der Waals surface area contributed by atoms with Gasteiger partial charge in [-0.05, 0) is 38.0 Å². The molecule has 0 amide bonds. The van der Waals surface area contributed by atoms with Gasteiger partial charge in [-0.25, -0.2) is 8.42 Å². The van der Waals surface area contributed by atoms with E-state index in [0.29, 0.717) is 30.8 Å². The summed E-state index contributed by atoms with van der Waals surface area (Å²) in [5.41, 5.74) is 0. The van der Waals surface area contributed by atoms with E-state index in [1.807, 2.05) is 6.92 Å². The van der Waals surface area contributed by atoms with Crippen LogP contribution in [-0.4, -0.2) is 37.8 Å². The van der Waals surface area contributed by atoms with E-state index in [0.717, 1.165) is 12.8 Å². The second kappa shape index (κ2) is 6.35. The molecule has 2 heterocycles. The highest BCUT2D eigenvalue weighted by molar-refractivity contribution is 7.91. The van der Waals surface area contributed by atoms with Gasteiger partial charge < -0.3 is 5.32 Å². The van der Waals surface area contributed by atoms with Crippen molar-refractivity contribution in [1.82, 2.24) is 5.32 Å². The van der Waals surface area contributed by atoms with Crippen LogP contribution in [0, 0.1) is 5.92 Å². The summed E-state index contributed by atoms with van der Waals surface area (Å²) in [6, 6.07) is 1.20. The van der Waals surface area contributed by atoms with Gasteiger partial charge in [0.25, 0.3) is 0 Å². The molecule has 2 rings (SSSR count). The van der Waals surface area contributed by atoms with Crippen molar-refractivity contribution in [1.29, 1.82) is 0 Å². The molecule has 1 N–H and O–H groups in total. The van der Waals surface area contributed by atoms with Crippen LogP contribution in [0.15, 0.2) is 0 Å². The molecule has 2 fully saturated rings. The zero-order chi connectivity index (χ0) is 13.9. The monoisotopic (exact) mass is 287 g/mol. The maximum Gasteiger partial charge on any atom is 0.150 e. The van der Waals surface area contributed by atoms with Crippen LogP contribution < -0.4 is 5.32 Å². The molecule has 0 aliphatic carbocycles. The average molecular weight is 287 g/mol. The van der Waals surface area contributed by atoms with E-state index in [-0.39, 0.29) is 23.7 Å². The standard InChI is InChI=1S/C14H25NO3S/c1-2-6-19(17,18)7-5-14(16)10-11-8-12-3-4-13(9-11)15-12/h11-13,15H,2-10H2,1H3. The molecule has 0 aromatic heterocycles. The van der Waals surface area contributed by atoms with E-state index >= 15 is 0 Å². The van der Waals surface area contributed by atoms with Gasteiger partial charge in [0.05, 0.1) is 5.75 Å². The fraction of sp³-hybridized carbons (Fsp3) is 0.929. The number of carbonyl (C=O) groups is 1. The zero-order valence-corrected chi connectivity index (χ0v) is 12.5. The quantitative estimate of drug-likeness (QED) is 0.774. The minimum atomic E-state index is -3.01. The molecule has 2 atom stereocenters. The SMILES string of the molecule is CCCS(=O)(=O)CCC(=O)CC1CC2CCC(C1)N2. The van der Waals surface area contributed by atoms with Gasteiger partial charge in [0.15, 0.2) is 9.84 Å². The number of nitrogens with one attached hydrogen (secondary N) is 1. The molecule has 0 aromatic carbocycles. The minimum absolute atomic E-state index is 0.0392. The topological polar surface area (TPSA) is 63.2 Å². The summed E-state index contributed by atoms with van der Waals surface area (Å²) in [6.45, 7) is 1.85. The number of ketones is 1. The third-order valence-electron chi connectivity index (χ3n) is 4.29. The summed E-state index contributed by atoms with van der Waals surface area (Å²) in [4.78, 5) is 11.9. The third-order valence-corrected chi connectivity index (χ3v) is 6.15. The maximum atomic E-state index is 11.9. The molecule has 2 aliphatic rings. The van der Waals surface area contributed by atoms with Crippen LogP contribution in [0.5, 0.6) is 0 Å². The molecule has 2 bridgehead atoms. The molecule has 5 heteroatoms. The largest absolute Gasteiger partial charge is 0.311 e. The van der Waals surface area contributed by atoms with Crippen molar-refractivity contribution < 1.29 is 13.2 Å². The average Bonchev–Trinajstić information content (AvgIpc) is 2.66. The highest BCUT2D eigenvalue weighted by atomic mass is 32.2. The van der Waals surface area contributed by atoms with Gasteiger partial charge in [0.2, 0.25) is 0 Å². The Morgan fingerprint density at radius 2 is 1.79 bits per heavy atom. The predicted molar refractivity (Wildman–Crippen MR) is 75.9 cm³/mol. The fourth-order valence-corrected chi connectivity index (χ4v) is 4.81. The maximum absolute atomic E-state index is 11.9. The summed E-state index contributed by atoms with van der Waals surface area (Å²) < 4.78 is 23.2. The lowest BCUT2D eigenvalue weighted by Crippen LogP contribution is -2.38. The molecule has 2 unspecified atom stereocenters. The van der Waals surface area contributed by atoms with E-state index in [9.17, 15) is 13.2 Å². The summed E-state index contributed by atoms with van der Waals surface area (Å²) in [6.07, 6.45) is 6.07. The van der Waals surface area contributed by atoms with Crippen LogP contribution in [0.25, 0.3) is 0 Å². The Morgan fingerprint density at radius 1 is 1.16 bits per heavy atom. The van der Waals surface area contributed by atoms with Gasteiger partial charge in [-0.3, -0.25) is 4.79 Å². The Bertz CT molecular complexity index is 406. The minimum Gasteiger partial charge on any atom is -0.311 e. The van der Waals surface area contributed by atoms with E-state index in [1.54, 1.807) is 0 Å². The molecule has 2 saturated heterocycles. The first-order chi connectivity index (χ1) is 8.98. The van der Waals surface area contributed by atoms with Gasteiger partial charge in [0, 0.05) is 30.7 Å². The van der Waals surface area contributed by atoms with E-state index in [2.05, 4.69) is 5.32 Å². The lowest BCUT2D eigenvalue weighted by Gasteiger charge is -2.28. The molecule has 0 aromatic rings. The van der Waals surface area contributed by atoms with Gasteiger partial charge in [-0.1, -0.05) is 6.92 Å². The predicted octanol–water partition coefficient (Wildman–Crippen LogP) is 1.69. The Hall–Kier alpha value is -0.420. The molecule has 0 spiro atoms. The summed E-state index contributed by atoms with van der Waals surface area (Å²) in [7, 11) is -3.01. The van der Waals surface area contributed by atoms with Crippen LogP contribution in [0.2, 0.25) is 0 Å². The number of piperidine rings is 1. The number of carbonyl (C=O) groups excluding carboxylic acids is 1. The second-order valence-corrected chi connectivity index (χ2v) is 8.42. The highest BCUT2D eigenvalue weighted by Crippen LogP contribution is 2.32. The normalized spacial score (nSPS) is 30.5. The van der Waals surface area contributed by atoms with E-state index in [4.69, 9.17) is 0 Å². The molecule has 2 aliphatic heterocycles. The molecule has 0 radical (unpaired) electrons. The van der Waals surface area contributed by atoms with Crippen molar-refractivity contribution in [3.8, 4) is 0 Å². The Balaban J connectivity index is 1.73. The third kappa shape index (κ3) is 4.56. The van der Waals surface area contributed by atoms with Gasteiger partial charge in [0.1, 0.15) is 5.78 Å². The van der Waals surface area contributed by atoms with E-state index in [1.165, 1.54) is 12.8 Å². The van der Waals surface area contributed by atoms with Gasteiger partial charge in [-0.2, -0.15) is 0 Å². The summed E-state index contributed by atoms with van der Waals surface area (Å²) in [5, 5.41) is 3.56. The first kappa shape index (κ1) is 15.0.